The molecule has 9 nitrogen and oxygen atoms in total. The third-order valence-corrected chi connectivity index (χ3v) is 5.94. The summed E-state index contributed by atoms with van der Waals surface area (Å²) in [7, 11) is 0. The molecule has 0 aromatic carbocycles. The molecule has 1 aromatic heterocycles. The number of halogens is 3. The fourth-order valence-corrected chi connectivity index (χ4v) is 4.27. The number of likely N-dealkylation sites (tertiary alicyclic amines) is 1. The molecule has 2 amide bonds. The van der Waals surface area contributed by atoms with Crippen LogP contribution in [-0.4, -0.2) is 69.6 Å². The van der Waals surface area contributed by atoms with Crippen molar-refractivity contribution in [2.45, 2.75) is 62.8 Å². The Morgan fingerprint density at radius 1 is 1.18 bits per heavy atom. The lowest BCUT2D eigenvalue weighted by Gasteiger charge is -2.34. The van der Waals surface area contributed by atoms with Crippen LogP contribution in [0.15, 0.2) is 18.9 Å². The highest BCUT2D eigenvalue weighted by Crippen LogP contribution is 2.35. The molecule has 1 aliphatic heterocycles. The first-order chi connectivity index (χ1) is 15.7. The van der Waals surface area contributed by atoms with Crippen LogP contribution in [0.1, 0.15) is 44.1 Å². The van der Waals surface area contributed by atoms with Crippen molar-refractivity contribution in [3.8, 4) is 0 Å². The third-order valence-electron chi connectivity index (χ3n) is 5.94. The van der Waals surface area contributed by atoms with E-state index in [1.165, 1.54) is 4.90 Å². The molecule has 12 heteroatoms. The highest BCUT2D eigenvalue weighted by atomic mass is 19.4. The molecular weight excluding hydrogens is 441 g/mol. The maximum atomic E-state index is 13.6. The highest BCUT2D eigenvalue weighted by Gasteiger charge is 2.37. The predicted octanol–water partition coefficient (Wildman–Crippen LogP) is 1.92. The lowest BCUT2D eigenvalue weighted by molar-refractivity contribution is -0.137. The van der Waals surface area contributed by atoms with E-state index in [2.05, 4.69) is 32.5 Å². The van der Waals surface area contributed by atoms with Crippen LogP contribution in [0.25, 0.3) is 0 Å². The van der Waals surface area contributed by atoms with Crippen LogP contribution >= 0.6 is 0 Å². The SMILES string of the molecule is C=CC(=O)N[C@@H]1CCCC[C@H]1Nc1nc(N[C@H]2CCCN(C(=O)CO)C2)ncc1C(F)(F)F. The lowest BCUT2D eigenvalue weighted by atomic mass is 9.90. The minimum Gasteiger partial charge on any atom is -0.387 e. The van der Waals surface area contributed by atoms with Crippen LogP contribution < -0.4 is 16.0 Å². The zero-order chi connectivity index (χ0) is 24.0. The molecule has 2 fully saturated rings. The Balaban J connectivity index is 1.79. The maximum absolute atomic E-state index is 13.6. The number of nitrogens with one attached hydrogen (secondary N) is 3. The molecule has 1 saturated carbocycles. The van der Waals surface area contributed by atoms with E-state index in [9.17, 15) is 22.8 Å². The summed E-state index contributed by atoms with van der Waals surface area (Å²) in [6, 6.07) is -1.04. The molecule has 0 unspecified atom stereocenters. The van der Waals surface area contributed by atoms with E-state index in [4.69, 9.17) is 5.11 Å². The van der Waals surface area contributed by atoms with Crippen LogP contribution in [-0.2, 0) is 15.8 Å². The lowest BCUT2D eigenvalue weighted by Crippen LogP contribution is -2.48. The number of hydrogen-bond acceptors (Lipinski definition) is 7. The zero-order valence-electron chi connectivity index (χ0n) is 18.2. The van der Waals surface area contributed by atoms with E-state index in [0.717, 1.165) is 25.1 Å². The average molecular weight is 470 g/mol. The molecule has 182 valence electrons. The monoisotopic (exact) mass is 470 g/mol. The second-order valence-electron chi connectivity index (χ2n) is 8.29. The number of carbonyl (C=O) groups is 2. The second kappa shape index (κ2) is 10.8. The van der Waals surface area contributed by atoms with Gasteiger partial charge in [-0.25, -0.2) is 4.98 Å². The molecule has 0 bridgehead atoms. The van der Waals surface area contributed by atoms with Crippen LogP contribution in [0.5, 0.6) is 0 Å². The van der Waals surface area contributed by atoms with Gasteiger partial charge in [-0.3, -0.25) is 9.59 Å². The maximum Gasteiger partial charge on any atom is 0.421 e. The normalized spacial score (nSPS) is 23.5. The summed E-state index contributed by atoms with van der Waals surface area (Å²) < 4.78 is 40.9. The molecule has 1 saturated heterocycles. The van der Waals surface area contributed by atoms with Gasteiger partial charge < -0.3 is 26.0 Å². The van der Waals surface area contributed by atoms with Crippen LogP contribution in [0.3, 0.4) is 0 Å². The summed E-state index contributed by atoms with van der Waals surface area (Å²) in [5.41, 5.74) is -0.992. The van der Waals surface area contributed by atoms with E-state index in [-0.39, 0.29) is 29.8 Å². The van der Waals surface area contributed by atoms with Gasteiger partial charge in [0.15, 0.2) is 0 Å². The van der Waals surface area contributed by atoms with Crippen molar-refractivity contribution in [3.05, 3.63) is 24.4 Å². The largest absolute Gasteiger partial charge is 0.421 e. The number of aromatic nitrogens is 2. The third kappa shape index (κ3) is 6.56. The van der Waals surface area contributed by atoms with Crippen molar-refractivity contribution in [2.24, 2.45) is 0 Å². The van der Waals surface area contributed by atoms with Gasteiger partial charge in [-0.15, -0.1) is 0 Å². The van der Waals surface area contributed by atoms with Gasteiger partial charge in [0.2, 0.25) is 17.8 Å². The van der Waals surface area contributed by atoms with Gasteiger partial charge in [0.25, 0.3) is 0 Å². The first-order valence-electron chi connectivity index (χ1n) is 11.0. The molecule has 0 spiro atoms. The fraction of sp³-hybridized carbons (Fsp3) is 0.619. The molecule has 4 N–H and O–H groups in total. The first kappa shape index (κ1) is 24.7. The number of rotatable bonds is 7. The quantitative estimate of drug-likeness (QED) is 0.450. The predicted molar refractivity (Wildman–Crippen MR) is 115 cm³/mol. The number of carbonyl (C=O) groups excluding carboxylic acids is 2. The first-order valence-corrected chi connectivity index (χ1v) is 11.0. The van der Waals surface area contributed by atoms with Crippen LogP contribution in [0.4, 0.5) is 24.9 Å². The van der Waals surface area contributed by atoms with Crippen molar-refractivity contribution in [1.82, 2.24) is 20.2 Å². The topological polar surface area (TPSA) is 119 Å². The molecule has 3 rings (SSSR count). The number of aliphatic hydroxyl groups is 1. The van der Waals surface area contributed by atoms with Crippen molar-refractivity contribution >= 4 is 23.6 Å². The molecule has 1 aromatic rings. The van der Waals surface area contributed by atoms with Gasteiger partial charge in [-0.05, 0) is 31.8 Å². The second-order valence-corrected chi connectivity index (χ2v) is 8.29. The standard InChI is InChI=1S/C21H29F3N6O3/c1-2-17(32)27-15-7-3-4-8-16(15)28-19-14(21(22,23)24)10-25-20(29-19)26-13-6-5-9-30(11-13)18(33)12-31/h2,10,13,15-16,31H,1,3-9,11-12H2,(H,27,32)(H2,25,26,28,29)/t13-,15+,16+/m0/s1. The van der Waals surface area contributed by atoms with E-state index < -0.39 is 30.3 Å². The van der Waals surface area contributed by atoms with Crippen molar-refractivity contribution in [3.63, 3.8) is 0 Å². The number of aliphatic hydroxyl groups excluding tert-OH is 1. The molecular formula is C21H29F3N6O3. The number of nitrogens with zero attached hydrogens (tertiary/aromatic N) is 3. The average Bonchev–Trinajstić information content (AvgIpc) is 2.79. The van der Waals surface area contributed by atoms with Crippen molar-refractivity contribution < 1.29 is 27.9 Å². The Hall–Kier alpha value is -2.89. The van der Waals surface area contributed by atoms with Crippen LogP contribution in [0, 0.1) is 0 Å². The Morgan fingerprint density at radius 2 is 1.91 bits per heavy atom. The molecule has 3 atom stereocenters. The summed E-state index contributed by atoms with van der Waals surface area (Å²) >= 11 is 0. The van der Waals surface area contributed by atoms with Crippen molar-refractivity contribution in [1.29, 1.82) is 0 Å². The van der Waals surface area contributed by atoms with E-state index in [0.29, 0.717) is 38.8 Å². The fourth-order valence-electron chi connectivity index (χ4n) is 4.27. The molecule has 0 radical (unpaired) electrons. The van der Waals surface area contributed by atoms with Gasteiger partial charge in [0, 0.05) is 37.4 Å². The van der Waals surface area contributed by atoms with Gasteiger partial charge in [0.05, 0.1) is 0 Å². The van der Waals surface area contributed by atoms with Gasteiger partial charge in [-0.1, -0.05) is 19.4 Å². The summed E-state index contributed by atoms with van der Waals surface area (Å²) in [5, 5.41) is 17.8. The Bertz CT molecular complexity index is 866. The van der Waals surface area contributed by atoms with E-state index in [1.807, 2.05) is 0 Å². The number of anilines is 2. The molecule has 33 heavy (non-hydrogen) atoms. The van der Waals surface area contributed by atoms with Crippen molar-refractivity contribution in [2.75, 3.05) is 30.3 Å². The van der Waals surface area contributed by atoms with E-state index >= 15 is 0 Å². The molecule has 2 aliphatic rings. The Kier molecular flexibility index (Phi) is 8.11. The summed E-state index contributed by atoms with van der Waals surface area (Å²) in [6.45, 7) is 3.64. The number of alkyl halides is 3. The smallest absolute Gasteiger partial charge is 0.387 e. The van der Waals surface area contributed by atoms with Gasteiger partial charge in [0.1, 0.15) is 18.0 Å². The van der Waals surface area contributed by atoms with E-state index in [1.54, 1.807) is 0 Å². The number of amides is 2. The summed E-state index contributed by atoms with van der Waals surface area (Å²) in [5.74, 6) is -1.13. The van der Waals surface area contributed by atoms with Gasteiger partial charge in [-0.2, -0.15) is 18.2 Å². The zero-order valence-corrected chi connectivity index (χ0v) is 18.2. The molecule has 1 aliphatic carbocycles. The minimum atomic E-state index is -4.66. The van der Waals surface area contributed by atoms with Crippen LogP contribution in [0.2, 0.25) is 0 Å². The minimum absolute atomic E-state index is 0.0104. The highest BCUT2D eigenvalue weighted by molar-refractivity contribution is 5.87. The van der Waals surface area contributed by atoms with Gasteiger partial charge >= 0.3 is 6.18 Å². The Morgan fingerprint density at radius 3 is 2.58 bits per heavy atom. The number of piperidine rings is 1. The molecule has 2 heterocycles. The summed E-state index contributed by atoms with van der Waals surface area (Å²) in [6.07, 6.45) is 1.44. The number of hydrogen-bond donors (Lipinski definition) is 4. The Labute approximate surface area is 189 Å². The summed E-state index contributed by atoms with van der Waals surface area (Å²) in [4.78, 5) is 33.0.